The van der Waals surface area contributed by atoms with Gasteiger partial charge in [-0.2, -0.15) is 5.10 Å². The summed E-state index contributed by atoms with van der Waals surface area (Å²) in [5.74, 6) is 0.296. The maximum absolute atomic E-state index is 13.1. The third kappa shape index (κ3) is 4.74. The number of fused-ring (bicyclic) bond motifs is 1. The van der Waals surface area contributed by atoms with Crippen LogP contribution in [0.3, 0.4) is 0 Å². The summed E-state index contributed by atoms with van der Waals surface area (Å²) >= 11 is 0. The zero-order valence-corrected chi connectivity index (χ0v) is 18.8. The summed E-state index contributed by atoms with van der Waals surface area (Å²) in [6.45, 7) is 9.61. The first-order valence-electron chi connectivity index (χ1n) is 11.1. The monoisotopic (exact) mass is 437 g/mol. The molecule has 3 N–H and O–H groups in total. The molecule has 3 heterocycles. The van der Waals surface area contributed by atoms with Crippen LogP contribution >= 0.6 is 0 Å². The van der Waals surface area contributed by atoms with E-state index in [1.807, 2.05) is 38.1 Å². The smallest absolute Gasteiger partial charge is 0.276 e. The van der Waals surface area contributed by atoms with Crippen molar-refractivity contribution in [3.8, 4) is 0 Å². The van der Waals surface area contributed by atoms with Gasteiger partial charge in [0, 0.05) is 39.3 Å². The molecule has 32 heavy (non-hydrogen) atoms. The molecule has 9 nitrogen and oxygen atoms in total. The molecule has 1 aliphatic rings. The fourth-order valence-corrected chi connectivity index (χ4v) is 4.07. The van der Waals surface area contributed by atoms with E-state index in [1.165, 1.54) is 5.56 Å². The van der Waals surface area contributed by atoms with Crippen molar-refractivity contribution in [1.29, 1.82) is 0 Å². The van der Waals surface area contributed by atoms with E-state index in [4.69, 9.17) is 15.5 Å². The normalized spacial score (nSPS) is 15.1. The van der Waals surface area contributed by atoms with Crippen LogP contribution in [0.4, 0.5) is 5.95 Å². The van der Waals surface area contributed by atoms with E-state index in [0.29, 0.717) is 31.3 Å². The molecule has 0 unspecified atom stereocenters. The molecule has 4 rings (SSSR count). The first-order valence-corrected chi connectivity index (χ1v) is 11.1. The Balaban J connectivity index is 1.70. The molecule has 0 bridgehead atoms. The minimum Gasteiger partial charge on any atom is -0.379 e. The molecule has 0 aliphatic carbocycles. The molecular formula is C23H31N7O2. The lowest BCUT2D eigenvalue weighted by Crippen LogP contribution is -2.35. The van der Waals surface area contributed by atoms with Crippen LogP contribution in [0, 0.1) is 6.92 Å². The summed E-state index contributed by atoms with van der Waals surface area (Å²) in [5.41, 5.74) is 10.0. The van der Waals surface area contributed by atoms with Crippen LogP contribution in [0.2, 0.25) is 0 Å². The van der Waals surface area contributed by atoms with Gasteiger partial charge in [0.15, 0.2) is 0 Å². The SMILES string of the molecule is CCn1nc(C)cc1C(=O)Nc1nc2cccc(CN3CCOCC3)c2n1C/C=C/CN. The Morgan fingerprint density at radius 3 is 2.84 bits per heavy atom. The lowest BCUT2D eigenvalue weighted by Gasteiger charge is -2.27. The van der Waals surface area contributed by atoms with Crippen LogP contribution in [-0.4, -0.2) is 63.0 Å². The summed E-state index contributed by atoms with van der Waals surface area (Å²) in [6.07, 6.45) is 3.92. The number of carbonyl (C=O) groups is 1. The van der Waals surface area contributed by atoms with E-state index < -0.39 is 0 Å². The summed E-state index contributed by atoms with van der Waals surface area (Å²) in [4.78, 5) is 20.2. The van der Waals surface area contributed by atoms with E-state index in [2.05, 4.69) is 25.9 Å². The van der Waals surface area contributed by atoms with Gasteiger partial charge in [-0.3, -0.25) is 19.7 Å². The van der Waals surface area contributed by atoms with Crippen LogP contribution in [0.25, 0.3) is 11.0 Å². The number of amides is 1. The highest BCUT2D eigenvalue weighted by Gasteiger charge is 2.20. The Hall–Kier alpha value is -3.01. The van der Waals surface area contributed by atoms with Crippen molar-refractivity contribution in [2.75, 3.05) is 38.2 Å². The number of anilines is 1. The van der Waals surface area contributed by atoms with Gasteiger partial charge in [0.05, 0.1) is 29.9 Å². The van der Waals surface area contributed by atoms with Crippen molar-refractivity contribution in [3.63, 3.8) is 0 Å². The minimum absolute atomic E-state index is 0.221. The number of aromatic nitrogens is 4. The zero-order valence-electron chi connectivity index (χ0n) is 18.8. The number of benzene rings is 1. The fraction of sp³-hybridized carbons (Fsp3) is 0.435. The topological polar surface area (TPSA) is 103 Å². The number of morpholine rings is 1. The molecule has 0 radical (unpaired) electrons. The molecule has 0 atom stereocenters. The van der Waals surface area contributed by atoms with E-state index in [1.54, 1.807) is 10.7 Å². The summed E-state index contributed by atoms with van der Waals surface area (Å²) in [6, 6.07) is 7.93. The highest BCUT2D eigenvalue weighted by molar-refractivity contribution is 6.03. The number of hydrogen-bond donors (Lipinski definition) is 2. The molecule has 2 aromatic heterocycles. The van der Waals surface area contributed by atoms with Crippen LogP contribution in [0.1, 0.15) is 28.7 Å². The Labute approximate surface area is 187 Å². The Bertz CT molecular complexity index is 1110. The summed E-state index contributed by atoms with van der Waals surface area (Å²) < 4.78 is 9.24. The molecule has 3 aromatic rings. The summed E-state index contributed by atoms with van der Waals surface area (Å²) in [7, 11) is 0. The number of aryl methyl sites for hydroxylation is 2. The van der Waals surface area contributed by atoms with Crippen LogP contribution in [0.5, 0.6) is 0 Å². The van der Waals surface area contributed by atoms with Gasteiger partial charge in [-0.25, -0.2) is 4.98 Å². The average molecular weight is 438 g/mol. The number of para-hydroxylation sites is 1. The first kappa shape index (κ1) is 22.2. The van der Waals surface area contributed by atoms with Gasteiger partial charge in [-0.05, 0) is 31.5 Å². The van der Waals surface area contributed by atoms with Gasteiger partial charge in [0.25, 0.3) is 5.91 Å². The number of nitrogens with two attached hydrogens (primary N) is 1. The standard InChI is InChI=1S/C23H31N7O2/c1-3-30-20(15-17(2)27-30)22(31)26-23-25-19-8-6-7-18(16-28-11-13-32-14-12-28)21(19)29(23)10-5-4-9-24/h4-8,15H,3,9-14,16,24H2,1-2H3,(H,25,26,31)/b5-4+. The minimum atomic E-state index is -0.221. The molecule has 1 amide bonds. The Morgan fingerprint density at radius 2 is 2.09 bits per heavy atom. The van der Waals surface area contributed by atoms with Gasteiger partial charge in [0.2, 0.25) is 5.95 Å². The van der Waals surface area contributed by atoms with Gasteiger partial charge in [-0.1, -0.05) is 24.3 Å². The number of allylic oxidation sites excluding steroid dienone is 1. The molecule has 170 valence electrons. The molecule has 9 heteroatoms. The molecule has 0 saturated carbocycles. The number of nitrogens with one attached hydrogen (secondary N) is 1. The number of carbonyl (C=O) groups excluding carboxylic acids is 1. The van der Waals surface area contributed by atoms with Crippen molar-refractivity contribution < 1.29 is 9.53 Å². The lowest BCUT2D eigenvalue weighted by molar-refractivity contribution is 0.0343. The predicted octanol–water partition coefficient (Wildman–Crippen LogP) is 2.16. The van der Waals surface area contributed by atoms with E-state index in [-0.39, 0.29) is 5.91 Å². The van der Waals surface area contributed by atoms with E-state index >= 15 is 0 Å². The number of ether oxygens (including phenoxy) is 1. The first-order chi connectivity index (χ1) is 15.6. The van der Waals surface area contributed by atoms with Gasteiger partial charge in [-0.15, -0.1) is 0 Å². The molecule has 1 aromatic carbocycles. The predicted molar refractivity (Wildman–Crippen MR) is 125 cm³/mol. The largest absolute Gasteiger partial charge is 0.379 e. The van der Waals surface area contributed by atoms with Crippen molar-refractivity contribution in [2.24, 2.45) is 5.73 Å². The second-order valence-corrected chi connectivity index (χ2v) is 7.87. The third-order valence-corrected chi connectivity index (χ3v) is 5.60. The molecule has 0 spiro atoms. The van der Waals surface area contributed by atoms with Crippen molar-refractivity contribution in [2.45, 2.75) is 33.5 Å². The maximum Gasteiger partial charge on any atom is 0.276 e. The highest BCUT2D eigenvalue weighted by Crippen LogP contribution is 2.25. The molecule has 1 fully saturated rings. The number of nitrogens with zero attached hydrogens (tertiary/aromatic N) is 5. The van der Waals surface area contributed by atoms with Crippen molar-refractivity contribution in [1.82, 2.24) is 24.2 Å². The second-order valence-electron chi connectivity index (χ2n) is 7.87. The van der Waals surface area contributed by atoms with Gasteiger partial charge < -0.3 is 15.0 Å². The zero-order chi connectivity index (χ0) is 22.5. The molecule has 1 aliphatic heterocycles. The van der Waals surface area contributed by atoms with Gasteiger partial charge in [0.1, 0.15) is 5.69 Å². The number of imidazole rings is 1. The van der Waals surface area contributed by atoms with E-state index in [9.17, 15) is 4.79 Å². The molecule has 1 saturated heterocycles. The highest BCUT2D eigenvalue weighted by atomic mass is 16.5. The fourth-order valence-electron chi connectivity index (χ4n) is 4.07. The van der Waals surface area contributed by atoms with E-state index in [0.717, 1.165) is 49.6 Å². The van der Waals surface area contributed by atoms with Crippen molar-refractivity contribution in [3.05, 3.63) is 53.4 Å². The number of rotatable bonds is 8. The maximum atomic E-state index is 13.1. The quantitative estimate of drug-likeness (QED) is 0.524. The van der Waals surface area contributed by atoms with Gasteiger partial charge >= 0.3 is 0 Å². The van der Waals surface area contributed by atoms with Crippen LogP contribution in [0.15, 0.2) is 36.4 Å². The lowest BCUT2D eigenvalue weighted by atomic mass is 10.1. The average Bonchev–Trinajstić information content (AvgIpc) is 3.35. The van der Waals surface area contributed by atoms with Crippen molar-refractivity contribution >= 4 is 22.9 Å². The Kier molecular flexibility index (Phi) is 6.99. The van der Waals surface area contributed by atoms with Crippen LogP contribution < -0.4 is 11.1 Å². The summed E-state index contributed by atoms with van der Waals surface area (Å²) in [5, 5.41) is 7.40. The van der Waals surface area contributed by atoms with Crippen LogP contribution in [-0.2, 0) is 24.4 Å². The third-order valence-electron chi connectivity index (χ3n) is 5.60. The Morgan fingerprint density at radius 1 is 1.28 bits per heavy atom. The molecular weight excluding hydrogens is 406 g/mol. The second kappa shape index (κ2) is 10.1. The number of hydrogen-bond acceptors (Lipinski definition) is 6.